The van der Waals surface area contributed by atoms with Gasteiger partial charge in [0, 0.05) is 13.1 Å². The SMILES string of the molecule is CC(C)(O)CN(Cc1ccccc1)C(=O)Cc1ccccc1F. The van der Waals surface area contributed by atoms with Crippen LogP contribution in [0.15, 0.2) is 54.6 Å². The Labute approximate surface area is 136 Å². The predicted octanol–water partition coefficient (Wildman–Crippen LogP) is 3.17. The van der Waals surface area contributed by atoms with Gasteiger partial charge < -0.3 is 10.0 Å². The molecule has 0 aliphatic heterocycles. The normalized spacial score (nSPS) is 11.3. The van der Waals surface area contributed by atoms with E-state index in [1.54, 1.807) is 36.9 Å². The Hall–Kier alpha value is -2.20. The first-order valence-electron chi connectivity index (χ1n) is 7.63. The van der Waals surface area contributed by atoms with Crippen molar-refractivity contribution in [3.63, 3.8) is 0 Å². The number of rotatable bonds is 6. The second-order valence-electron chi connectivity index (χ2n) is 6.32. The molecular weight excluding hydrogens is 293 g/mol. The van der Waals surface area contributed by atoms with Crippen molar-refractivity contribution in [2.24, 2.45) is 0 Å². The van der Waals surface area contributed by atoms with Crippen LogP contribution in [0.5, 0.6) is 0 Å². The summed E-state index contributed by atoms with van der Waals surface area (Å²) in [5, 5.41) is 10.1. The van der Waals surface area contributed by atoms with Crippen LogP contribution < -0.4 is 0 Å². The highest BCUT2D eigenvalue weighted by Crippen LogP contribution is 2.14. The maximum atomic E-state index is 13.8. The molecular formula is C19H22FNO2. The molecule has 0 spiro atoms. The lowest BCUT2D eigenvalue weighted by Crippen LogP contribution is -2.42. The molecule has 0 bridgehead atoms. The average molecular weight is 315 g/mol. The van der Waals surface area contributed by atoms with Crippen LogP contribution in [0.4, 0.5) is 4.39 Å². The van der Waals surface area contributed by atoms with Gasteiger partial charge in [-0.25, -0.2) is 4.39 Å². The number of aliphatic hydroxyl groups is 1. The highest BCUT2D eigenvalue weighted by molar-refractivity contribution is 5.79. The number of carbonyl (C=O) groups excluding carboxylic acids is 1. The third-order valence-electron chi connectivity index (χ3n) is 3.45. The van der Waals surface area contributed by atoms with E-state index in [4.69, 9.17) is 0 Å². The number of nitrogens with zero attached hydrogens (tertiary/aromatic N) is 1. The molecule has 0 aromatic heterocycles. The third-order valence-corrected chi connectivity index (χ3v) is 3.45. The van der Waals surface area contributed by atoms with Crippen LogP contribution in [-0.2, 0) is 17.8 Å². The molecule has 0 saturated heterocycles. The van der Waals surface area contributed by atoms with Gasteiger partial charge in [0.1, 0.15) is 5.82 Å². The summed E-state index contributed by atoms with van der Waals surface area (Å²) in [6.45, 7) is 3.88. The molecule has 0 unspecified atom stereocenters. The van der Waals surface area contributed by atoms with Crippen molar-refractivity contribution >= 4 is 5.91 Å². The van der Waals surface area contributed by atoms with Crippen molar-refractivity contribution < 1.29 is 14.3 Å². The van der Waals surface area contributed by atoms with Gasteiger partial charge >= 0.3 is 0 Å². The number of amides is 1. The van der Waals surface area contributed by atoms with E-state index in [1.807, 2.05) is 30.3 Å². The predicted molar refractivity (Wildman–Crippen MR) is 88.3 cm³/mol. The van der Waals surface area contributed by atoms with E-state index >= 15 is 0 Å². The van der Waals surface area contributed by atoms with E-state index in [1.165, 1.54) is 6.07 Å². The Morgan fingerprint density at radius 3 is 2.30 bits per heavy atom. The van der Waals surface area contributed by atoms with Crippen LogP contribution in [0.1, 0.15) is 25.0 Å². The zero-order valence-corrected chi connectivity index (χ0v) is 13.5. The van der Waals surface area contributed by atoms with Crippen molar-refractivity contribution in [2.75, 3.05) is 6.54 Å². The summed E-state index contributed by atoms with van der Waals surface area (Å²) in [4.78, 5) is 14.2. The van der Waals surface area contributed by atoms with Crippen molar-refractivity contribution in [3.8, 4) is 0 Å². The summed E-state index contributed by atoms with van der Waals surface area (Å²) >= 11 is 0. The zero-order chi connectivity index (χ0) is 16.9. The van der Waals surface area contributed by atoms with Crippen molar-refractivity contribution in [2.45, 2.75) is 32.4 Å². The minimum Gasteiger partial charge on any atom is -0.389 e. The van der Waals surface area contributed by atoms with Gasteiger partial charge in [0.15, 0.2) is 0 Å². The Balaban J connectivity index is 2.15. The lowest BCUT2D eigenvalue weighted by molar-refractivity contribution is -0.134. The highest BCUT2D eigenvalue weighted by Gasteiger charge is 2.23. The summed E-state index contributed by atoms with van der Waals surface area (Å²) in [7, 11) is 0. The monoisotopic (exact) mass is 315 g/mol. The maximum absolute atomic E-state index is 13.8. The topological polar surface area (TPSA) is 40.5 Å². The Morgan fingerprint density at radius 1 is 1.09 bits per heavy atom. The van der Waals surface area contributed by atoms with E-state index in [0.29, 0.717) is 12.1 Å². The van der Waals surface area contributed by atoms with Crippen molar-refractivity contribution in [1.29, 1.82) is 0 Å². The van der Waals surface area contributed by atoms with Crippen LogP contribution in [0.2, 0.25) is 0 Å². The Kier molecular flexibility index (Phi) is 5.50. The first-order valence-corrected chi connectivity index (χ1v) is 7.63. The van der Waals surface area contributed by atoms with Gasteiger partial charge in [0.2, 0.25) is 5.91 Å². The van der Waals surface area contributed by atoms with Gasteiger partial charge in [-0.3, -0.25) is 4.79 Å². The fourth-order valence-electron chi connectivity index (χ4n) is 2.42. The van der Waals surface area contributed by atoms with E-state index in [9.17, 15) is 14.3 Å². The van der Waals surface area contributed by atoms with Gasteiger partial charge in [0.05, 0.1) is 12.0 Å². The first-order chi connectivity index (χ1) is 10.8. The number of benzene rings is 2. The Bertz CT molecular complexity index is 650. The van der Waals surface area contributed by atoms with Gasteiger partial charge in [-0.1, -0.05) is 48.5 Å². The fourth-order valence-corrected chi connectivity index (χ4v) is 2.42. The molecule has 0 heterocycles. The molecule has 3 nitrogen and oxygen atoms in total. The number of halogens is 1. The van der Waals surface area contributed by atoms with Crippen LogP contribution in [0, 0.1) is 5.82 Å². The number of hydrogen-bond acceptors (Lipinski definition) is 2. The number of carbonyl (C=O) groups is 1. The smallest absolute Gasteiger partial charge is 0.227 e. The number of hydrogen-bond donors (Lipinski definition) is 1. The molecule has 0 aliphatic carbocycles. The minimum absolute atomic E-state index is 0.0183. The van der Waals surface area contributed by atoms with Gasteiger partial charge in [-0.2, -0.15) is 0 Å². The summed E-state index contributed by atoms with van der Waals surface area (Å²) in [5.74, 6) is -0.593. The highest BCUT2D eigenvalue weighted by atomic mass is 19.1. The first kappa shape index (κ1) is 17.2. The van der Waals surface area contributed by atoms with Crippen LogP contribution >= 0.6 is 0 Å². The van der Waals surface area contributed by atoms with E-state index < -0.39 is 5.60 Å². The van der Waals surface area contributed by atoms with Crippen LogP contribution in [0.25, 0.3) is 0 Å². The molecule has 4 heteroatoms. The van der Waals surface area contributed by atoms with Crippen LogP contribution in [0.3, 0.4) is 0 Å². The molecule has 0 saturated carbocycles. The third kappa shape index (κ3) is 5.49. The standard InChI is InChI=1S/C19H22FNO2/c1-19(2,23)14-21(13-15-8-4-3-5-9-15)18(22)12-16-10-6-7-11-17(16)20/h3-11,23H,12-14H2,1-2H3. The molecule has 0 fully saturated rings. The second kappa shape index (κ2) is 7.38. The van der Waals surface area contributed by atoms with E-state index in [-0.39, 0.29) is 24.7 Å². The van der Waals surface area contributed by atoms with Crippen molar-refractivity contribution in [3.05, 3.63) is 71.5 Å². The molecule has 0 atom stereocenters. The maximum Gasteiger partial charge on any atom is 0.227 e. The van der Waals surface area contributed by atoms with E-state index in [0.717, 1.165) is 5.56 Å². The van der Waals surface area contributed by atoms with Gasteiger partial charge in [-0.15, -0.1) is 0 Å². The van der Waals surface area contributed by atoms with Gasteiger partial charge in [0.25, 0.3) is 0 Å². The largest absolute Gasteiger partial charge is 0.389 e. The van der Waals surface area contributed by atoms with Gasteiger partial charge in [-0.05, 0) is 31.0 Å². The quantitative estimate of drug-likeness (QED) is 0.889. The lowest BCUT2D eigenvalue weighted by atomic mass is 10.1. The zero-order valence-electron chi connectivity index (χ0n) is 13.5. The lowest BCUT2D eigenvalue weighted by Gasteiger charge is -2.29. The summed E-state index contributed by atoms with van der Waals surface area (Å²) in [5.41, 5.74) is 0.324. The Morgan fingerprint density at radius 2 is 1.70 bits per heavy atom. The summed E-state index contributed by atoms with van der Waals surface area (Å²) in [6, 6.07) is 15.8. The summed E-state index contributed by atoms with van der Waals surface area (Å²) < 4.78 is 13.8. The average Bonchev–Trinajstić information content (AvgIpc) is 2.48. The molecule has 0 radical (unpaired) electrons. The molecule has 1 amide bonds. The molecule has 2 aromatic carbocycles. The van der Waals surface area contributed by atoms with Crippen LogP contribution in [-0.4, -0.2) is 28.1 Å². The van der Waals surface area contributed by atoms with E-state index in [2.05, 4.69) is 0 Å². The molecule has 1 N–H and O–H groups in total. The molecule has 122 valence electrons. The second-order valence-corrected chi connectivity index (χ2v) is 6.32. The minimum atomic E-state index is -1.01. The van der Waals surface area contributed by atoms with Crippen molar-refractivity contribution in [1.82, 2.24) is 4.90 Å². The molecule has 2 aromatic rings. The summed E-state index contributed by atoms with van der Waals surface area (Å²) in [6.07, 6.45) is -0.0183. The fraction of sp³-hybridized carbons (Fsp3) is 0.316. The molecule has 2 rings (SSSR count). The molecule has 0 aliphatic rings. The molecule has 23 heavy (non-hydrogen) atoms.